The largest absolute Gasteiger partial charge is 0.487 e. The topological polar surface area (TPSA) is 35.2 Å². The Morgan fingerprint density at radius 3 is 3.00 bits per heavy atom. The lowest BCUT2D eigenvalue weighted by atomic mass is 9.82. The summed E-state index contributed by atoms with van der Waals surface area (Å²) in [5, 5.41) is 0. The fourth-order valence-electron chi connectivity index (χ4n) is 3.85. The van der Waals surface area contributed by atoms with Crippen molar-refractivity contribution < 1.29 is 9.13 Å². The minimum absolute atomic E-state index is 0.104. The highest BCUT2D eigenvalue weighted by Crippen LogP contribution is 2.45. The Morgan fingerprint density at radius 2 is 2.20 bits per heavy atom. The highest BCUT2D eigenvalue weighted by atomic mass is 19.1. The molecule has 1 aliphatic heterocycles. The number of rotatable bonds is 1. The summed E-state index contributed by atoms with van der Waals surface area (Å²) in [5.74, 6) is 1.38. The third-order valence-electron chi connectivity index (χ3n) is 5.12. The van der Waals surface area contributed by atoms with Gasteiger partial charge in [0, 0.05) is 18.0 Å². The lowest BCUT2D eigenvalue weighted by Gasteiger charge is -2.41. The highest BCUT2D eigenvalue weighted by molar-refractivity contribution is 5.39. The fraction of sp³-hybridized carbons (Fsp3) is 0.647. The molecule has 0 aromatic heterocycles. The zero-order chi connectivity index (χ0) is 14.2. The van der Waals surface area contributed by atoms with Crippen LogP contribution in [0.4, 0.5) is 4.39 Å². The second kappa shape index (κ2) is 5.36. The Bertz CT molecular complexity index is 490. The van der Waals surface area contributed by atoms with Gasteiger partial charge >= 0.3 is 0 Å². The Hall–Kier alpha value is -1.09. The smallest absolute Gasteiger partial charge is 0.125 e. The number of hydrogen-bond acceptors (Lipinski definition) is 2. The van der Waals surface area contributed by atoms with Crippen molar-refractivity contribution in [1.29, 1.82) is 0 Å². The zero-order valence-corrected chi connectivity index (χ0v) is 12.2. The predicted molar refractivity (Wildman–Crippen MR) is 78.2 cm³/mol. The molecular weight excluding hydrogens is 253 g/mol. The van der Waals surface area contributed by atoms with Gasteiger partial charge in [-0.15, -0.1) is 0 Å². The minimum atomic E-state index is -0.231. The molecule has 2 N–H and O–H groups in total. The average molecular weight is 277 g/mol. The molecule has 0 radical (unpaired) electrons. The summed E-state index contributed by atoms with van der Waals surface area (Å²) in [4.78, 5) is 0. The van der Waals surface area contributed by atoms with E-state index in [2.05, 4.69) is 6.92 Å². The number of ether oxygens (including phenoxy) is 1. The molecule has 0 bridgehead atoms. The van der Waals surface area contributed by atoms with Crippen molar-refractivity contribution >= 4 is 0 Å². The summed E-state index contributed by atoms with van der Waals surface area (Å²) < 4.78 is 19.7. The van der Waals surface area contributed by atoms with E-state index >= 15 is 0 Å². The number of nitrogens with two attached hydrogens (primary N) is 1. The summed E-state index contributed by atoms with van der Waals surface area (Å²) in [6.45, 7) is 2.27. The minimum Gasteiger partial charge on any atom is -0.487 e. The second-order valence-electron chi connectivity index (χ2n) is 6.48. The number of halogens is 1. The maximum absolute atomic E-state index is 13.4. The van der Waals surface area contributed by atoms with Crippen molar-refractivity contribution in [2.45, 2.75) is 63.5 Å². The van der Waals surface area contributed by atoms with E-state index in [1.54, 1.807) is 6.07 Å². The summed E-state index contributed by atoms with van der Waals surface area (Å²) in [5.41, 5.74) is 7.00. The Balaban J connectivity index is 1.85. The molecule has 20 heavy (non-hydrogen) atoms. The van der Waals surface area contributed by atoms with Gasteiger partial charge in [-0.05, 0) is 49.8 Å². The van der Waals surface area contributed by atoms with Gasteiger partial charge in [-0.1, -0.05) is 19.8 Å². The van der Waals surface area contributed by atoms with Crippen molar-refractivity contribution in [3.05, 3.63) is 29.6 Å². The SMILES string of the molecule is CCC1CCCC2(CC1)C[C@H](N)c1cc(F)ccc1O2. The number of fused-ring (bicyclic) bond motifs is 1. The van der Waals surface area contributed by atoms with Crippen molar-refractivity contribution in [3.63, 3.8) is 0 Å². The van der Waals surface area contributed by atoms with Crippen LogP contribution in [0.5, 0.6) is 5.75 Å². The van der Waals surface area contributed by atoms with Crippen LogP contribution in [0.15, 0.2) is 18.2 Å². The maximum atomic E-state index is 13.4. The monoisotopic (exact) mass is 277 g/mol. The summed E-state index contributed by atoms with van der Waals surface area (Å²) in [6.07, 6.45) is 7.96. The van der Waals surface area contributed by atoms with E-state index in [0.717, 1.165) is 36.5 Å². The molecule has 2 unspecified atom stereocenters. The van der Waals surface area contributed by atoms with Gasteiger partial charge in [-0.25, -0.2) is 4.39 Å². The molecule has 1 aromatic carbocycles. The summed E-state index contributed by atoms with van der Waals surface area (Å²) >= 11 is 0. The molecule has 1 saturated carbocycles. The van der Waals surface area contributed by atoms with Gasteiger partial charge in [-0.3, -0.25) is 0 Å². The second-order valence-corrected chi connectivity index (χ2v) is 6.48. The molecule has 0 amide bonds. The molecule has 110 valence electrons. The van der Waals surface area contributed by atoms with Gasteiger partial charge < -0.3 is 10.5 Å². The lowest BCUT2D eigenvalue weighted by Crippen LogP contribution is -2.42. The molecule has 1 aliphatic carbocycles. The zero-order valence-electron chi connectivity index (χ0n) is 12.2. The maximum Gasteiger partial charge on any atom is 0.125 e. The van der Waals surface area contributed by atoms with E-state index in [1.165, 1.54) is 37.8 Å². The summed E-state index contributed by atoms with van der Waals surface area (Å²) in [6, 6.07) is 4.63. The molecule has 1 heterocycles. The van der Waals surface area contributed by atoms with Crippen LogP contribution in [0.3, 0.4) is 0 Å². The fourth-order valence-corrected chi connectivity index (χ4v) is 3.85. The van der Waals surface area contributed by atoms with Crippen LogP contribution in [0.2, 0.25) is 0 Å². The first-order chi connectivity index (χ1) is 9.62. The molecule has 3 atom stereocenters. The van der Waals surface area contributed by atoms with Gasteiger partial charge in [-0.2, -0.15) is 0 Å². The highest BCUT2D eigenvalue weighted by Gasteiger charge is 2.41. The van der Waals surface area contributed by atoms with E-state index in [1.807, 2.05) is 0 Å². The van der Waals surface area contributed by atoms with Crippen molar-refractivity contribution in [2.75, 3.05) is 0 Å². The van der Waals surface area contributed by atoms with Gasteiger partial charge in [0.2, 0.25) is 0 Å². The van der Waals surface area contributed by atoms with Gasteiger partial charge in [0.15, 0.2) is 0 Å². The van der Waals surface area contributed by atoms with Gasteiger partial charge in [0.1, 0.15) is 17.2 Å². The van der Waals surface area contributed by atoms with Crippen LogP contribution in [0.25, 0.3) is 0 Å². The van der Waals surface area contributed by atoms with Crippen LogP contribution >= 0.6 is 0 Å². The van der Waals surface area contributed by atoms with E-state index in [9.17, 15) is 4.39 Å². The first-order valence-corrected chi connectivity index (χ1v) is 7.86. The first kappa shape index (κ1) is 13.9. The average Bonchev–Trinajstić information content (AvgIpc) is 2.62. The Morgan fingerprint density at radius 1 is 1.35 bits per heavy atom. The quantitative estimate of drug-likeness (QED) is 0.829. The Kier molecular flexibility index (Phi) is 3.72. The molecule has 3 heteroatoms. The molecule has 2 aliphatic rings. The number of hydrogen-bond donors (Lipinski definition) is 1. The van der Waals surface area contributed by atoms with Crippen molar-refractivity contribution in [3.8, 4) is 5.75 Å². The Labute approximate surface area is 120 Å². The van der Waals surface area contributed by atoms with E-state index in [0.29, 0.717) is 0 Å². The lowest BCUT2D eigenvalue weighted by molar-refractivity contribution is 0.0201. The third kappa shape index (κ3) is 2.56. The van der Waals surface area contributed by atoms with Crippen molar-refractivity contribution in [2.24, 2.45) is 11.7 Å². The number of benzene rings is 1. The summed E-state index contributed by atoms with van der Waals surface area (Å²) in [7, 11) is 0. The normalized spacial score (nSPS) is 33.4. The first-order valence-electron chi connectivity index (χ1n) is 7.86. The molecule has 3 rings (SSSR count). The van der Waals surface area contributed by atoms with Crippen LogP contribution in [-0.4, -0.2) is 5.60 Å². The van der Waals surface area contributed by atoms with Gasteiger partial charge in [0.25, 0.3) is 0 Å². The standard InChI is InChI=1S/C17H24FNO/c1-2-12-4-3-8-17(9-7-12)11-15(19)14-10-13(18)5-6-16(14)20-17/h5-6,10,12,15H,2-4,7-9,11,19H2,1H3/t12?,15-,17?/m0/s1. The predicted octanol–water partition coefficient (Wildman–Crippen LogP) is 4.34. The van der Waals surface area contributed by atoms with E-state index < -0.39 is 0 Å². The van der Waals surface area contributed by atoms with Crippen LogP contribution < -0.4 is 10.5 Å². The molecular formula is C17H24FNO. The molecule has 2 nitrogen and oxygen atoms in total. The molecule has 1 aromatic rings. The molecule has 1 spiro atoms. The van der Waals surface area contributed by atoms with E-state index in [4.69, 9.17) is 10.5 Å². The molecule has 1 fully saturated rings. The van der Waals surface area contributed by atoms with Crippen LogP contribution in [0.1, 0.15) is 63.5 Å². The van der Waals surface area contributed by atoms with Gasteiger partial charge in [0.05, 0.1) is 0 Å². The third-order valence-corrected chi connectivity index (χ3v) is 5.12. The molecule has 0 saturated heterocycles. The van der Waals surface area contributed by atoms with Crippen LogP contribution in [0, 0.1) is 11.7 Å². The van der Waals surface area contributed by atoms with Crippen LogP contribution in [-0.2, 0) is 0 Å². The van der Waals surface area contributed by atoms with Crippen molar-refractivity contribution in [1.82, 2.24) is 0 Å². The van der Waals surface area contributed by atoms with E-state index in [-0.39, 0.29) is 17.5 Å².